The summed E-state index contributed by atoms with van der Waals surface area (Å²) in [6.07, 6.45) is -5.16. The van der Waals surface area contributed by atoms with E-state index in [-0.39, 0.29) is 0 Å². The highest BCUT2D eigenvalue weighted by atomic mass is 19.4. The van der Waals surface area contributed by atoms with Gasteiger partial charge in [0.15, 0.2) is 0 Å². The number of fused-ring (bicyclic) bond motifs is 1. The summed E-state index contributed by atoms with van der Waals surface area (Å²) in [7, 11) is 1.60. The minimum atomic E-state index is -4.48. The molecule has 1 heterocycles. The SMILES string of the molecule is CNC(N)c1cc(C(F)(F)F)nc2ccc(C)cc12. The summed E-state index contributed by atoms with van der Waals surface area (Å²) in [6.45, 7) is 1.87. The van der Waals surface area contributed by atoms with Crippen LogP contribution in [-0.2, 0) is 6.18 Å². The first kappa shape index (κ1) is 13.8. The van der Waals surface area contributed by atoms with Gasteiger partial charge in [0.05, 0.1) is 11.7 Å². The van der Waals surface area contributed by atoms with Crippen molar-refractivity contribution in [1.29, 1.82) is 0 Å². The van der Waals surface area contributed by atoms with E-state index < -0.39 is 18.0 Å². The topological polar surface area (TPSA) is 50.9 Å². The van der Waals surface area contributed by atoms with Crippen LogP contribution in [0.1, 0.15) is 23.0 Å². The zero-order valence-corrected chi connectivity index (χ0v) is 10.5. The Balaban J connectivity index is 2.76. The van der Waals surface area contributed by atoms with Gasteiger partial charge < -0.3 is 11.1 Å². The van der Waals surface area contributed by atoms with Crippen LogP contribution in [0.4, 0.5) is 13.2 Å². The summed E-state index contributed by atoms with van der Waals surface area (Å²) in [5, 5.41) is 3.39. The van der Waals surface area contributed by atoms with Gasteiger partial charge >= 0.3 is 6.18 Å². The van der Waals surface area contributed by atoms with Crippen LogP contribution in [-0.4, -0.2) is 12.0 Å². The molecule has 2 rings (SSSR count). The van der Waals surface area contributed by atoms with Crippen LogP contribution in [0.2, 0.25) is 0 Å². The van der Waals surface area contributed by atoms with E-state index in [1.165, 1.54) is 0 Å². The van der Waals surface area contributed by atoms with E-state index in [0.717, 1.165) is 11.6 Å². The second-order valence-electron chi connectivity index (χ2n) is 4.38. The molecule has 0 saturated heterocycles. The van der Waals surface area contributed by atoms with E-state index >= 15 is 0 Å². The number of nitrogens with two attached hydrogens (primary N) is 1. The van der Waals surface area contributed by atoms with E-state index in [1.807, 2.05) is 6.92 Å². The predicted molar refractivity (Wildman–Crippen MR) is 67.5 cm³/mol. The molecule has 0 saturated carbocycles. The average Bonchev–Trinajstić information content (AvgIpc) is 2.35. The normalized spacial score (nSPS) is 13.8. The van der Waals surface area contributed by atoms with Gasteiger partial charge in [-0.3, -0.25) is 0 Å². The maximum atomic E-state index is 12.8. The smallest absolute Gasteiger partial charge is 0.312 e. The number of pyridine rings is 1. The minimum absolute atomic E-state index is 0.293. The number of alkyl halides is 3. The Hall–Kier alpha value is -1.66. The number of hydrogen-bond acceptors (Lipinski definition) is 3. The highest BCUT2D eigenvalue weighted by molar-refractivity contribution is 5.83. The van der Waals surface area contributed by atoms with Crippen molar-refractivity contribution in [1.82, 2.24) is 10.3 Å². The molecule has 1 atom stereocenters. The summed E-state index contributed by atoms with van der Waals surface area (Å²) < 4.78 is 38.5. The fraction of sp³-hybridized carbons (Fsp3) is 0.308. The van der Waals surface area contributed by atoms with Gasteiger partial charge in [0.1, 0.15) is 5.69 Å². The molecule has 0 spiro atoms. The number of rotatable bonds is 2. The van der Waals surface area contributed by atoms with Gasteiger partial charge in [-0.2, -0.15) is 13.2 Å². The lowest BCUT2D eigenvalue weighted by atomic mass is 10.0. The Morgan fingerprint density at radius 3 is 2.53 bits per heavy atom. The molecule has 0 aliphatic carbocycles. The zero-order valence-electron chi connectivity index (χ0n) is 10.5. The van der Waals surface area contributed by atoms with Crippen molar-refractivity contribution in [3.8, 4) is 0 Å². The Morgan fingerprint density at radius 1 is 1.26 bits per heavy atom. The van der Waals surface area contributed by atoms with Crippen molar-refractivity contribution in [2.45, 2.75) is 19.3 Å². The summed E-state index contributed by atoms with van der Waals surface area (Å²) in [5.74, 6) is 0. The van der Waals surface area contributed by atoms with Crippen molar-refractivity contribution < 1.29 is 13.2 Å². The number of halogens is 3. The van der Waals surface area contributed by atoms with Gasteiger partial charge in [0.25, 0.3) is 0 Å². The number of nitrogens with one attached hydrogen (secondary N) is 1. The average molecular weight is 269 g/mol. The lowest BCUT2D eigenvalue weighted by Crippen LogP contribution is -2.26. The highest BCUT2D eigenvalue weighted by Crippen LogP contribution is 2.32. The van der Waals surface area contributed by atoms with Crippen molar-refractivity contribution in [2.24, 2.45) is 5.73 Å². The Labute approximate surface area is 108 Å². The summed E-state index contributed by atoms with van der Waals surface area (Å²) in [6, 6.07) is 6.09. The third-order valence-corrected chi connectivity index (χ3v) is 2.93. The molecule has 6 heteroatoms. The summed E-state index contributed by atoms with van der Waals surface area (Å²) >= 11 is 0. The Kier molecular flexibility index (Phi) is 3.47. The van der Waals surface area contributed by atoms with Crippen LogP contribution >= 0.6 is 0 Å². The second kappa shape index (κ2) is 4.79. The molecule has 1 aromatic heterocycles. The maximum Gasteiger partial charge on any atom is 0.433 e. The van der Waals surface area contributed by atoms with Crippen molar-refractivity contribution in [2.75, 3.05) is 7.05 Å². The first-order valence-electron chi connectivity index (χ1n) is 5.74. The molecule has 1 unspecified atom stereocenters. The van der Waals surface area contributed by atoms with E-state index in [2.05, 4.69) is 10.3 Å². The zero-order chi connectivity index (χ0) is 14.2. The Bertz CT molecular complexity index is 608. The first-order chi connectivity index (χ1) is 8.82. The fourth-order valence-electron chi connectivity index (χ4n) is 1.92. The molecule has 102 valence electrons. The molecule has 0 fully saturated rings. The molecule has 0 aliphatic heterocycles. The van der Waals surface area contributed by atoms with Gasteiger partial charge in [-0.25, -0.2) is 4.98 Å². The molecular weight excluding hydrogens is 255 g/mol. The van der Waals surface area contributed by atoms with E-state index in [4.69, 9.17) is 5.73 Å². The van der Waals surface area contributed by atoms with Crippen molar-refractivity contribution in [3.63, 3.8) is 0 Å². The lowest BCUT2D eigenvalue weighted by molar-refractivity contribution is -0.141. The molecule has 1 aromatic carbocycles. The highest BCUT2D eigenvalue weighted by Gasteiger charge is 2.33. The van der Waals surface area contributed by atoms with Crippen LogP contribution in [0.25, 0.3) is 10.9 Å². The van der Waals surface area contributed by atoms with Crippen LogP contribution in [0.3, 0.4) is 0 Å². The monoisotopic (exact) mass is 269 g/mol. The van der Waals surface area contributed by atoms with E-state index in [1.54, 1.807) is 25.2 Å². The number of benzene rings is 1. The Morgan fingerprint density at radius 2 is 1.95 bits per heavy atom. The van der Waals surface area contributed by atoms with Crippen molar-refractivity contribution >= 4 is 10.9 Å². The van der Waals surface area contributed by atoms with Gasteiger partial charge in [0, 0.05) is 5.39 Å². The quantitative estimate of drug-likeness (QED) is 0.824. The van der Waals surface area contributed by atoms with Gasteiger partial charge in [0.2, 0.25) is 0 Å². The lowest BCUT2D eigenvalue weighted by Gasteiger charge is -2.16. The van der Waals surface area contributed by atoms with Crippen LogP contribution in [0.15, 0.2) is 24.3 Å². The van der Waals surface area contributed by atoms with Crippen molar-refractivity contribution in [3.05, 3.63) is 41.1 Å². The van der Waals surface area contributed by atoms with Crippen LogP contribution in [0, 0.1) is 6.92 Å². The molecule has 0 radical (unpaired) electrons. The van der Waals surface area contributed by atoms with Crippen LogP contribution < -0.4 is 11.1 Å². The summed E-state index contributed by atoms with van der Waals surface area (Å²) in [5.41, 5.74) is 6.52. The molecule has 0 aliphatic rings. The molecule has 2 aromatic rings. The third-order valence-electron chi connectivity index (χ3n) is 2.93. The van der Waals surface area contributed by atoms with E-state index in [9.17, 15) is 13.2 Å². The standard InChI is InChI=1S/C13H14F3N3/c1-7-3-4-10-8(5-7)9(12(17)18-2)6-11(19-10)13(14,15)16/h3-6,12,18H,17H2,1-2H3. The number of aromatic nitrogens is 1. The minimum Gasteiger partial charge on any atom is -0.312 e. The molecule has 0 amide bonds. The number of hydrogen-bond donors (Lipinski definition) is 2. The molecule has 0 bridgehead atoms. The predicted octanol–water partition coefficient (Wildman–Crippen LogP) is 2.74. The molecular formula is C13H14F3N3. The largest absolute Gasteiger partial charge is 0.433 e. The second-order valence-corrected chi connectivity index (χ2v) is 4.38. The number of aryl methyl sites for hydroxylation is 1. The van der Waals surface area contributed by atoms with E-state index in [0.29, 0.717) is 16.5 Å². The molecule has 19 heavy (non-hydrogen) atoms. The van der Waals surface area contributed by atoms with Gasteiger partial charge in [-0.1, -0.05) is 11.6 Å². The van der Waals surface area contributed by atoms with Crippen LogP contribution in [0.5, 0.6) is 0 Å². The maximum absolute atomic E-state index is 12.8. The molecule has 3 nitrogen and oxygen atoms in total. The van der Waals surface area contributed by atoms with Gasteiger partial charge in [-0.05, 0) is 37.7 Å². The first-order valence-corrected chi connectivity index (χ1v) is 5.74. The number of nitrogens with zero attached hydrogens (tertiary/aromatic N) is 1. The molecule has 3 N–H and O–H groups in total. The van der Waals surface area contributed by atoms with Gasteiger partial charge in [-0.15, -0.1) is 0 Å². The third kappa shape index (κ3) is 2.69. The summed E-state index contributed by atoms with van der Waals surface area (Å²) in [4.78, 5) is 3.66. The fourth-order valence-corrected chi connectivity index (χ4v) is 1.92.